The fraction of sp³-hybridized carbons (Fsp3) is 0.833. The van der Waals surface area contributed by atoms with Crippen LogP contribution in [-0.2, 0) is 0 Å². The third kappa shape index (κ3) is 8.50. The average molecular weight is 200 g/mol. The first-order valence-corrected chi connectivity index (χ1v) is 7.49. The van der Waals surface area contributed by atoms with E-state index in [1.165, 1.54) is 50.8 Å². The van der Waals surface area contributed by atoms with Crippen LogP contribution in [0.2, 0.25) is 0 Å². The SMILES string of the molecule is C=CP(CCCCC)CCCCC. The van der Waals surface area contributed by atoms with Gasteiger partial charge in [-0.25, -0.2) is 0 Å². The second kappa shape index (κ2) is 10.3. The molecule has 0 bridgehead atoms. The van der Waals surface area contributed by atoms with Crippen molar-refractivity contribution in [3.8, 4) is 0 Å². The quantitative estimate of drug-likeness (QED) is 0.363. The van der Waals surface area contributed by atoms with E-state index in [1.54, 1.807) is 0 Å². The van der Waals surface area contributed by atoms with Gasteiger partial charge in [-0.2, -0.15) is 0 Å². The van der Waals surface area contributed by atoms with E-state index in [4.69, 9.17) is 0 Å². The molecule has 0 rings (SSSR count). The zero-order valence-corrected chi connectivity index (χ0v) is 10.3. The van der Waals surface area contributed by atoms with Gasteiger partial charge >= 0.3 is 0 Å². The summed E-state index contributed by atoms with van der Waals surface area (Å²) in [5.41, 5.74) is 0. The lowest BCUT2D eigenvalue weighted by Gasteiger charge is -2.11. The number of rotatable bonds is 9. The molecule has 0 aromatic heterocycles. The molecule has 0 saturated carbocycles. The average Bonchev–Trinajstić information content (AvgIpc) is 2.16. The van der Waals surface area contributed by atoms with E-state index in [0.717, 1.165) is 0 Å². The molecule has 0 aliphatic heterocycles. The van der Waals surface area contributed by atoms with Gasteiger partial charge in [-0.05, 0) is 25.2 Å². The highest BCUT2D eigenvalue weighted by atomic mass is 31.1. The molecule has 13 heavy (non-hydrogen) atoms. The topological polar surface area (TPSA) is 0 Å². The highest BCUT2D eigenvalue weighted by Gasteiger charge is 2.01. The summed E-state index contributed by atoms with van der Waals surface area (Å²) < 4.78 is 0. The molecular weight excluding hydrogens is 175 g/mol. The van der Waals surface area contributed by atoms with E-state index in [9.17, 15) is 0 Å². The van der Waals surface area contributed by atoms with Crippen LogP contribution >= 0.6 is 7.92 Å². The Morgan fingerprint density at radius 1 is 0.923 bits per heavy atom. The second-order valence-corrected chi connectivity index (χ2v) is 6.07. The smallest absolute Gasteiger partial charge is 0.0291 e. The summed E-state index contributed by atoms with van der Waals surface area (Å²) in [6.07, 6.45) is 11.2. The highest BCUT2D eigenvalue weighted by Crippen LogP contribution is 2.38. The first kappa shape index (κ1) is 13.2. The van der Waals surface area contributed by atoms with Crippen molar-refractivity contribution < 1.29 is 0 Å². The molecule has 0 nitrogen and oxygen atoms in total. The van der Waals surface area contributed by atoms with Gasteiger partial charge in [0.15, 0.2) is 0 Å². The molecule has 0 saturated heterocycles. The Morgan fingerprint density at radius 2 is 1.38 bits per heavy atom. The summed E-state index contributed by atoms with van der Waals surface area (Å²) in [5, 5.41) is 0. The van der Waals surface area contributed by atoms with Crippen LogP contribution in [-0.4, -0.2) is 12.3 Å². The van der Waals surface area contributed by atoms with Crippen LogP contribution in [0.3, 0.4) is 0 Å². The summed E-state index contributed by atoms with van der Waals surface area (Å²) in [6, 6.07) is 0. The Hall–Kier alpha value is 0.170. The van der Waals surface area contributed by atoms with Crippen molar-refractivity contribution in [2.24, 2.45) is 0 Å². The molecule has 0 aromatic rings. The zero-order chi connectivity index (χ0) is 9.94. The fourth-order valence-corrected chi connectivity index (χ4v) is 3.27. The van der Waals surface area contributed by atoms with E-state index in [2.05, 4.69) is 26.2 Å². The lowest BCUT2D eigenvalue weighted by Crippen LogP contribution is -1.88. The largest absolute Gasteiger partial charge is 0.0986 e. The third-order valence-corrected chi connectivity index (χ3v) is 4.65. The second-order valence-electron chi connectivity index (χ2n) is 3.63. The van der Waals surface area contributed by atoms with Crippen molar-refractivity contribution in [2.45, 2.75) is 52.4 Å². The van der Waals surface area contributed by atoms with Gasteiger partial charge in [-0.1, -0.05) is 59.8 Å². The van der Waals surface area contributed by atoms with Crippen molar-refractivity contribution >= 4 is 7.92 Å². The Labute approximate surface area is 85.6 Å². The van der Waals surface area contributed by atoms with Crippen LogP contribution in [0.25, 0.3) is 0 Å². The van der Waals surface area contributed by atoms with Gasteiger partial charge in [0.25, 0.3) is 0 Å². The molecule has 1 heteroatoms. The first-order chi connectivity index (χ1) is 6.35. The van der Waals surface area contributed by atoms with E-state index < -0.39 is 0 Å². The first-order valence-electron chi connectivity index (χ1n) is 5.71. The Kier molecular flexibility index (Phi) is 10.4. The number of hydrogen-bond donors (Lipinski definition) is 0. The van der Waals surface area contributed by atoms with Crippen LogP contribution in [0, 0.1) is 0 Å². The lowest BCUT2D eigenvalue weighted by molar-refractivity contribution is 0.763. The van der Waals surface area contributed by atoms with E-state index >= 15 is 0 Å². The van der Waals surface area contributed by atoms with E-state index in [1.807, 2.05) is 0 Å². The number of unbranched alkanes of at least 4 members (excludes halogenated alkanes) is 4. The maximum Gasteiger partial charge on any atom is -0.0291 e. The van der Waals surface area contributed by atoms with Crippen LogP contribution in [0.4, 0.5) is 0 Å². The van der Waals surface area contributed by atoms with Gasteiger partial charge in [0.2, 0.25) is 0 Å². The molecule has 0 unspecified atom stereocenters. The highest BCUT2D eigenvalue weighted by molar-refractivity contribution is 7.60. The van der Waals surface area contributed by atoms with Crippen molar-refractivity contribution in [1.29, 1.82) is 0 Å². The monoisotopic (exact) mass is 200 g/mol. The van der Waals surface area contributed by atoms with Crippen molar-refractivity contribution in [2.75, 3.05) is 12.3 Å². The Bertz CT molecular complexity index is 99.7. The normalized spacial score (nSPS) is 10.7. The third-order valence-electron chi connectivity index (χ3n) is 2.36. The fourth-order valence-electron chi connectivity index (χ4n) is 1.42. The maximum atomic E-state index is 3.95. The molecule has 0 radical (unpaired) electrons. The predicted molar refractivity (Wildman–Crippen MR) is 65.9 cm³/mol. The summed E-state index contributed by atoms with van der Waals surface area (Å²) in [6.45, 7) is 8.49. The molecule has 0 aromatic carbocycles. The van der Waals surface area contributed by atoms with E-state index in [0.29, 0.717) is 0 Å². The summed E-state index contributed by atoms with van der Waals surface area (Å²) >= 11 is 0. The zero-order valence-electron chi connectivity index (χ0n) is 9.39. The minimum absolute atomic E-state index is 0.182. The van der Waals surface area contributed by atoms with Crippen LogP contribution in [0.5, 0.6) is 0 Å². The van der Waals surface area contributed by atoms with Crippen LogP contribution in [0.1, 0.15) is 52.4 Å². The van der Waals surface area contributed by atoms with Crippen LogP contribution < -0.4 is 0 Å². The van der Waals surface area contributed by atoms with Gasteiger partial charge in [0.05, 0.1) is 0 Å². The predicted octanol–water partition coefficient (Wildman–Crippen LogP) is 4.99. The molecule has 0 aliphatic carbocycles. The minimum atomic E-state index is 0.182. The van der Waals surface area contributed by atoms with Crippen molar-refractivity contribution in [3.63, 3.8) is 0 Å². The molecule has 0 heterocycles. The molecule has 0 aliphatic rings. The van der Waals surface area contributed by atoms with Gasteiger partial charge < -0.3 is 0 Å². The van der Waals surface area contributed by atoms with Gasteiger partial charge in [-0.3, -0.25) is 0 Å². The molecule has 0 amide bonds. The van der Waals surface area contributed by atoms with Gasteiger partial charge in [-0.15, -0.1) is 0 Å². The maximum absolute atomic E-state index is 3.95. The molecular formula is C12H25P. The summed E-state index contributed by atoms with van der Waals surface area (Å²) in [5.74, 6) is 2.22. The molecule has 0 fully saturated rings. The van der Waals surface area contributed by atoms with Gasteiger partial charge in [0, 0.05) is 0 Å². The van der Waals surface area contributed by atoms with Crippen molar-refractivity contribution in [1.82, 2.24) is 0 Å². The summed E-state index contributed by atoms with van der Waals surface area (Å²) in [7, 11) is 0.182. The lowest BCUT2D eigenvalue weighted by atomic mass is 10.3. The number of hydrogen-bond acceptors (Lipinski definition) is 0. The minimum Gasteiger partial charge on any atom is -0.0986 e. The van der Waals surface area contributed by atoms with E-state index in [-0.39, 0.29) is 7.92 Å². The summed E-state index contributed by atoms with van der Waals surface area (Å²) in [4.78, 5) is 0. The standard InChI is InChI=1S/C12H25P/c1-4-7-9-11-13(6-3)12-10-8-5-2/h6H,3-5,7-12H2,1-2H3. The molecule has 0 atom stereocenters. The Balaban J connectivity index is 3.34. The van der Waals surface area contributed by atoms with Gasteiger partial charge in [0.1, 0.15) is 0 Å². The molecule has 78 valence electrons. The van der Waals surface area contributed by atoms with Crippen LogP contribution in [0.15, 0.2) is 12.4 Å². The molecule has 0 spiro atoms. The molecule has 0 N–H and O–H groups in total. The Morgan fingerprint density at radius 3 is 1.69 bits per heavy atom. The van der Waals surface area contributed by atoms with Crippen molar-refractivity contribution in [3.05, 3.63) is 12.4 Å².